The third kappa shape index (κ3) is 21.3. The van der Waals surface area contributed by atoms with Gasteiger partial charge in [-0.25, -0.2) is 49.8 Å². The highest BCUT2D eigenvalue weighted by molar-refractivity contribution is 7.21. The number of thiazole rings is 2. The number of pyridine rings is 7. The minimum Gasteiger partial charge on any atom is -0.507 e. The maximum absolute atomic E-state index is 12.7. The monoisotopic (exact) mass is 1890 g/mol. The standard InChI is InChI=1S/3C13H7F3N2O2.C13H7F3N2OS.2C12H7ClN2O2.C12H7ClN2OS/c14-13(15,16)7-1-2-10(19)8(5-7)12-18-9-6-17-4-3-11(9)20-12;14-13(15,16)7-3-4-9(19)8(6-7)12-18-11-10(20-12)2-1-5-17-11;2*14-13(15,16)7-3-4-10(19)8(6-7)11-18-9-2-1-5-17-12(9)20-11;13-7-1-2-10(16)8(5-7)12-15-9-6-14-4-3-11(9)17-12;13-7-3-4-9(16)8(6-7)12-15-11-10(17-12)2-1-5-14-11;13-7-3-4-10(16)8(6-7)11-15-9-2-1-5-14-12(9)17-11/h4*1-6,19H;3*1-6,16H. The largest absolute Gasteiger partial charge is 0.507 e. The molecule has 0 unspecified atom stereocenters. The molecule has 0 bridgehead atoms. The summed E-state index contributed by atoms with van der Waals surface area (Å²) in [5.74, 6) is -0.611. The fourth-order valence-corrected chi connectivity index (χ4v) is 14.2. The van der Waals surface area contributed by atoms with E-state index in [4.69, 9.17) is 56.9 Å². The molecule has 0 radical (unpaired) electrons. The van der Waals surface area contributed by atoms with Crippen LogP contribution in [-0.4, -0.2) is 106 Å². The number of fused-ring (bicyclic) bond motifs is 7. The van der Waals surface area contributed by atoms with E-state index in [1.807, 2.05) is 12.1 Å². The summed E-state index contributed by atoms with van der Waals surface area (Å²) in [4.78, 5) is 58.4. The van der Waals surface area contributed by atoms with E-state index in [-0.39, 0.29) is 91.5 Å². The van der Waals surface area contributed by atoms with E-state index in [1.54, 1.807) is 128 Å². The van der Waals surface area contributed by atoms with E-state index in [1.165, 1.54) is 54.3 Å². The molecule has 0 saturated heterocycles. The first kappa shape index (κ1) is 90.1. The quantitative estimate of drug-likeness (QED) is 0.0729. The lowest BCUT2D eigenvalue weighted by Crippen LogP contribution is -2.04. The summed E-state index contributed by atoms with van der Waals surface area (Å²) in [6.45, 7) is 0. The van der Waals surface area contributed by atoms with Crippen molar-refractivity contribution in [1.29, 1.82) is 0 Å². The first-order valence-corrected chi connectivity index (χ1v) is 39.9. The fourth-order valence-electron chi connectivity index (χ4n) is 11.8. The normalized spacial score (nSPS) is 11.5. The third-order valence-corrected chi connectivity index (χ3v) is 20.7. The van der Waals surface area contributed by atoms with Gasteiger partial charge in [0.05, 0.1) is 73.6 Å². The smallest absolute Gasteiger partial charge is 0.416 e. The predicted octanol–water partition coefficient (Wildman–Crippen LogP) is 25.1. The zero-order chi connectivity index (χ0) is 92.8. The second-order valence-electron chi connectivity index (χ2n) is 26.9. The summed E-state index contributed by atoms with van der Waals surface area (Å²) in [6.07, 6.45) is -3.96. The predicted molar refractivity (Wildman–Crippen MR) is 459 cm³/mol. The molecule has 131 heavy (non-hydrogen) atoms. The highest BCUT2D eigenvalue weighted by Gasteiger charge is 2.36. The molecule has 21 rings (SSSR count). The van der Waals surface area contributed by atoms with Gasteiger partial charge in [-0.2, -0.15) is 62.7 Å². The lowest BCUT2D eigenvalue weighted by Gasteiger charge is -2.08. The summed E-state index contributed by atoms with van der Waals surface area (Å²) < 4.78 is 179. The van der Waals surface area contributed by atoms with Gasteiger partial charge < -0.3 is 57.8 Å². The average molecular weight is 1890 g/mol. The van der Waals surface area contributed by atoms with E-state index in [0.29, 0.717) is 103 Å². The van der Waals surface area contributed by atoms with Gasteiger partial charge in [0, 0.05) is 70.6 Å². The fraction of sp³-hybridized carbons (Fsp3) is 0.0455. The Kier molecular flexibility index (Phi) is 26.0. The molecule has 14 aromatic heterocycles. The first-order chi connectivity index (χ1) is 62.5. The molecule has 26 nitrogen and oxygen atoms in total. The van der Waals surface area contributed by atoms with Crippen molar-refractivity contribution in [3.05, 3.63) is 293 Å². The maximum Gasteiger partial charge on any atom is 0.416 e. The molecule has 660 valence electrons. The van der Waals surface area contributed by atoms with Crippen LogP contribution in [0.15, 0.2) is 278 Å². The van der Waals surface area contributed by atoms with Crippen LogP contribution in [0.3, 0.4) is 0 Å². The zero-order valence-corrected chi connectivity index (χ0v) is 69.1. The van der Waals surface area contributed by atoms with Crippen molar-refractivity contribution in [2.75, 3.05) is 0 Å². The number of rotatable bonds is 7. The number of aromatic hydroxyl groups is 7. The molecule has 0 spiro atoms. The topological polar surface area (TPSA) is 388 Å². The number of nitrogens with zero attached hydrogens (tertiary/aromatic N) is 14. The van der Waals surface area contributed by atoms with Crippen molar-refractivity contribution in [3.63, 3.8) is 0 Å². The second-order valence-corrected chi connectivity index (χ2v) is 30.1. The van der Waals surface area contributed by atoms with Gasteiger partial charge in [0.1, 0.15) is 87.5 Å². The number of hydrogen-bond donors (Lipinski definition) is 7. The molecule has 7 aromatic carbocycles. The van der Waals surface area contributed by atoms with Crippen LogP contribution in [0.4, 0.5) is 52.7 Å². The molecule has 43 heteroatoms. The summed E-state index contributed by atoms with van der Waals surface area (Å²) in [5, 5.41) is 70.7. The maximum atomic E-state index is 12.7. The summed E-state index contributed by atoms with van der Waals surface area (Å²) >= 11 is 20.2. The Morgan fingerprint density at radius 2 is 0.550 bits per heavy atom. The lowest BCUT2D eigenvalue weighted by molar-refractivity contribution is -0.138. The molecule has 0 aliphatic heterocycles. The van der Waals surface area contributed by atoms with Crippen molar-refractivity contribution in [2.24, 2.45) is 0 Å². The molecule has 0 amide bonds. The molecular weight excluding hydrogens is 1840 g/mol. The summed E-state index contributed by atoms with van der Waals surface area (Å²) in [5.41, 5.74) is 3.49. The van der Waals surface area contributed by atoms with Crippen molar-refractivity contribution < 1.29 is 111 Å². The number of benzene rings is 7. The van der Waals surface area contributed by atoms with Crippen molar-refractivity contribution in [3.8, 4) is 119 Å². The van der Waals surface area contributed by atoms with Gasteiger partial charge in [0.25, 0.3) is 0 Å². The number of hydrogen-bond acceptors (Lipinski definition) is 28. The van der Waals surface area contributed by atoms with E-state index < -0.39 is 47.0 Å². The van der Waals surface area contributed by atoms with Crippen LogP contribution in [0, 0.1) is 0 Å². The molecule has 14 heterocycles. The Morgan fingerprint density at radius 3 is 0.908 bits per heavy atom. The molecule has 0 atom stereocenters. The number of phenolic OH excluding ortho intramolecular Hbond substituents is 7. The molecule has 21 aromatic rings. The van der Waals surface area contributed by atoms with E-state index >= 15 is 0 Å². The Balaban J connectivity index is 0.000000117. The minimum absolute atomic E-state index is 0.0582. The SMILES string of the molecule is Oc1ccc(C(F)(F)F)cc1-c1nc2cccnc2o1.Oc1ccc(C(F)(F)F)cc1-c1nc2cccnc2s1.Oc1ccc(C(F)(F)F)cc1-c1nc2cnccc2o1.Oc1ccc(C(F)(F)F)cc1-c1nc2ncccc2o1.Oc1ccc(Cl)cc1-c1nc2cccnc2s1.Oc1ccc(Cl)cc1-c1nc2cnccc2o1.Oc1ccc(Cl)cc1-c1nc2ncccc2o1. The van der Waals surface area contributed by atoms with Crippen molar-refractivity contribution >= 4 is 134 Å². The van der Waals surface area contributed by atoms with Crippen LogP contribution in [-0.2, 0) is 24.7 Å². The molecule has 0 aliphatic rings. The van der Waals surface area contributed by atoms with Gasteiger partial charge in [0.15, 0.2) is 33.6 Å². The van der Waals surface area contributed by atoms with E-state index in [2.05, 4.69) is 69.8 Å². The van der Waals surface area contributed by atoms with Crippen LogP contribution in [0.2, 0.25) is 15.1 Å². The molecule has 0 fully saturated rings. The van der Waals surface area contributed by atoms with Crippen LogP contribution in [0.1, 0.15) is 22.3 Å². The van der Waals surface area contributed by atoms with Gasteiger partial charge in [-0.1, -0.05) is 57.5 Å². The van der Waals surface area contributed by atoms with Crippen LogP contribution >= 0.6 is 57.5 Å². The number of oxazole rings is 5. The molecule has 0 aliphatic carbocycles. The second kappa shape index (κ2) is 37.7. The number of alkyl halides is 12. The lowest BCUT2D eigenvalue weighted by atomic mass is 10.1. The zero-order valence-electron chi connectivity index (χ0n) is 65.2. The van der Waals surface area contributed by atoms with E-state index in [0.717, 1.165) is 99.5 Å². The molecule has 7 N–H and O–H groups in total. The number of halogens is 15. The van der Waals surface area contributed by atoms with Gasteiger partial charge in [-0.3, -0.25) is 9.97 Å². The Bertz CT molecular complexity index is 6690. The average Bonchev–Trinajstić information content (AvgIpc) is 1.69. The Morgan fingerprint density at radius 1 is 0.260 bits per heavy atom. The van der Waals surface area contributed by atoms with Gasteiger partial charge >= 0.3 is 24.7 Å². The first-order valence-electron chi connectivity index (χ1n) is 37.1. The van der Waals surface area contributed by atoms with Crippen molar-refractivity contribution in [2.45, 2.75) is 24.7 Å². The summed E-state index contributed by atoms with van der Waals surface area (Å²) in [7, 11) is 0. The van der Waals surface area contributed by atoms with Crippen molar-refractivity contribution in [1.82, 2.24) is 69.8 Å². The van der Waals surface area contributed by atoms with E-state index in [9.17, 15) is 88.4 Å². The number of aromatic nitrogens is 14. The highest BCUT2D eigenvalue weighted by atomic mass is 35.5. The van der Waals surface area contributed by atoms with Gasteiger partial charge in [0.2, 0.25) is 35.2 Å². The molecule has 0 saturated carbocycles. The Labute approximate surface area is 746 Å². The van der Waals surface area contributed by atoms with Gasteiger partial charge in [-0.15, -0.1) is 0 Å². The Hall–Kier alpha value is -15.7. The minimum atomic E-state index is -4.51. The number of phenols is 7. The molecular formula is C88H49Cl3F12N14O12S2. The van der Waals surface area contributed by atoms with Crippen LogP contribution in [0.5, 0.6) is 40.2 Å². The van der Waals surface area contributed by atoms with Crippen LogP contribution in [0.25, 0.3) is 155 Å². The van der Waals surface area contributed by atoms with Crippen LogP contribution < -0.4 is 0 Å². The third-order valence-electron chi connectivity index (χ3n) is 18.0. The van der Waals surface area contributed by atoms with Gasteiger partial charge in [-0.05, 0) is 188 Å². The summed E-state index contributed by atoms with van der Waals surface area (Å²) in [6, 6.07) is 45.1. The highest BCUT2D eigenvalue weighted by Crippen LogP contribution is 2.45.